The number of benzene rings is 3. The van der Waals surface area contributed by atoms with Crippen LogP contribution in [-0.4, -0.2) is 29.3 Å². The first kappa shape index (κ1) is 22.5. The van der Waals surface area contributed by atoms with Crippen LogP contribution in [0.1, 0.15) is 44.2 Å². The van der Waals surface area contributed by atoms with E-state index in [1.165, 1.54) is 10.8 Å². The minimum Gasteiger partial charge on any atom is -0.354 e. The molecule has 2 amide bonds. The molecule has 0 spiro atoms. The van der Waals surface area contributed by atoms with Gasteiger partial charge in [0.1, 0.15) is 6.04 Å². The lowest BCUT2D eigenvalue weighted by Crippen LogP contribution is -2.49. The van der Waals surface area contributed by atoms with Gasteiger partial charge in [-0.3, -0.25) is 9.59 Å². The van der Waals surface area contributed by atoms with Gasteiger partial charge in [-0.15, -0.1) is 0 Å². The van der Waals surface area contributed by atoms with Gasteiger partial charge < -0.3 is 10.2 Å². The summed E-state index contributed by atoms with van der Waals surface area (Å²) in [4.78, 5) is 28.0. The lowest BCUT2D eigenvalue weighted by Gasteiger charge is -2.31. The molecule has 1 atom stereocenters. The molecule has 31 heavy (non-hydrogen) atoms. The predicted octanol–water partition coefficient (Wildman–Crippen LogP) is 5.11. The van der Waals surface area contributed by atoms with Gasteiger partial charge in [0, 0.05) is 19.5 Å². The molecule has 0 heterocycles. The smallest absolute Gasteiger partial charge is 0.242 e. The van der Waals surface area contributed by atoms with Gasteiger partial charge in [-0.1, -0.05) is 86.6 Å². The number of nitrogens with one attached hydrogen (secondary N) is 1. The van der Waals surface area contributed by atoms with Crippen molar-refractivity contribution in [2.45, 2.75) is 52.1 Å². The molecule has 3 rings (SSSR count). The molecule has 4 heteroatoms. The molecular weight excluding hydrogens is 384 g/mol. The molecule has 1 N–H and O–H groups in total. The van der Waals surface area contributed by atoms with Gasteiger partial charge in [0.15, 0.2) is 0 Å². The van der Waals surface area contributed by atoms with E-state index < -0.39 is 6.04 Å². The Hall–Kier alpha value is -3.14. The van der Waals surface area contributed by atoms with Crippen LogP contribution in [0.4, 0.5) is 0 Å². The molecule has 162 valence electrons. The maximum absolute atomic E-state index is 13.4. The quantitative estimate of drug-likeness (QED) is 0.499. The van der Waals surface area contributed by atoms with Crippen LogP contribution in [0.2, 0.25) is 0 Å². The van der Waals surface area contributed by atoms with E-state index >= 15 is 0 Å². The predicted molar refractivity (Wildman–Crippen MR) is 127 cm³/mol. The van der Waals surface area contributed by atoms with Crippen molar-refractivity contribution in [3.8, 4) is 0 Å². The van der Waals surface area contributed by atoms with E-state index in [-0.39, 0.29) is 11.8 Å². The SMILES string of the molecule is CCCNC(=O)C(CC)N(Cc1ccccc1)C(=O)CCc1cccc2ccccc12. The Morgan fingerprint density at radius 1 is 0.903 bits per heavy atom. The fourth-order valence-corrected chi connectivity index (χ4v) is 3.96. The first-order valence-corrected chi connectivity index (χ1v) is 11.2. The molecule has 3 aromatic rings. The minimum atomic E-state index is -0.466. The Labute approximate surface area is 185 Å². The number of fused-ring (bicyclic) bond motifs is 1. The average Bonchev–Trinajstić information content (AvgIpc) is 2.81. The van der Waals surface area contributed by atoms with Crippen molar-refractivity contribution in [3.63, 3.8) is 0 Å². The number of hydrogen-bond acceptors (Lipinski definition) is 2. The van der Waals surface area contributed by atoms with Gasteiger partial charge in [-0.2, -0.15) is 0 Å². The van der Waals surface area contributed by atoms with Gasteiger partial charge >= 0.3 is 0 Å². The van der Waals surface area contributed by atoms with Crippen molar-refractivity contribution in [2.75, 3.05) is 6.54 Å². The van der Waals surface area contributed by atoms with Crippen LogP contribution in [0, 0.1) is 0 Å². The van der Waals surface area contributed by atoms with E-state index in [9.17, 15) is 9.59 Å². The molecule has 3 aromatic carbocycles. The molecule has 0 aliphatic carbocycles. The van der Waals surface area contributed by atoms with E-state index in [2.05, 4.69) is 29.6 Å². The van der Waals surface area contributed by atoms with Gasteiger partial charge in [0.2, 0.25) is 11.8 Å². The first-order valence-electron chi connectivity index (χ1n) is 11.2. The molecule has 4 nitrogen and oxygen atoms in total. The van der Waals surface area contributed by atoms with Crippen LogP contribution in [0.3, 0.4) is 0 Å². The Morgan fingerprint density at radius 2 is 1.61 bits per heavy atom. The van der Waals surface area contributed by atoms with Crippen molar-refractivity contribution in [1.82, 2.24) is 10.2 Å². The Bertz CT molecular complexity index is 995. The second kappa shape index (κ2) is 11.3. The minimum absolute atomic E-state index is 0.00952. The molecule has 0 aromatic heterocycles. The molecular formula is C27H32N2O2. The summed E-state index contributed by atoms with van der Waals surface area (Å²) in [5.41, 5.74) is 2.19. The monoisotopic (exact) mass is 416 g/mol. The number of aryl methyl sites for hydroxylation is 1. The van der Waals surface area contributed by atoms with Gasteiger partial charge in [-0.25, -0.2) is 0 Å². The van der Waals surface area contributed by atoms with Crippen LogP contribution >= 0.6 is 0 Å². The highest BCUT2D eigenvalue weighted by atomic mass is 16.2. The summed E-state index contributed by atoms with van der Waals surface area (Å²) in [6.07, 6.45) is 2.48. The lowest BCUT2D eigenvalue weighted by atomic mass is 10.00. The highest BCUT2D eigenvalue weighted by Gasteiger charge is 2.28. The molecule has 1 unspecified atom stereocenters. The summed E-state index contributed by atoms with van der Waals surface area (Å²) in [6, 6.07) is 23.9. The van der Waals surface area contributed by atoms with E-state index in [0.717, 1.165) is 17.5 Å². The molecule has 0 radical (unpaired) electrons. The number of carbonyl (C=O) groups is 2. The van der Waals surface area contributed by atoms with Crippen molar-refractivity contribution in [2.24, 2.45) is 0 Å². The van der Waals surface area contributed by atoms with Gasteiger partial charge in [0.25, 0.3) is 0 Å². The summed E-state index contributed by atoms with van der Waals surface area (Å²) in [5.74, 6) is -0.0610. The molecule has 0 fully saturated rings. The molecule has 0 saturated heterocycles. The topological polar surface area (TPSA) is 49.4 Å². The first-order chi connectivity index (χ1) is 15.1. The van der Waals surface area contributed by atoms with Crippen LogP contribution in [-0.2, 0) is 22.6 Å². The van der Waals surface area contributed by atoms with Crippen LogP contribution < -0.4 is 5.32 Å². The fraction of sp³-hybridized carbons (Fsp3) is 0.333. The molecule has 0 aliphatic heterocycles. The highest BCUT2D eigenvalue weighted by molar-refractivity contribution is 5.89. The van der Waals surface area contributed by atoms with Crippen molar-refractivity contribution in [3.05, 3.63) is 83.9 Å². The number of carbonyl (C=O) groups excluding carboxylic acids is 2. The van der Waals surface area contributed by atoms with Crippen LogP contribution in [0.5, 0.6) is 0 Å². The number of hydrogen-bond donors (Lipinski definition) is 1. The summed E-state index contributed by atoms with van der Waals surface area (Å²) in [7, 11) is 0. The lowest BCUT2D eigenvalue weighted by molar-refractivity contribution is -0.141. The second-order valence-electron chi connectivity index (χ2n) is 7.86. The summed E-state index contributed by atoms with van der Waals surface area (Å²) in [6.45, 7) is 5.05. The Kier molecular flexibility index (Phi) is 8.22. The van der Waals surface area contributed by atoms with E-state index in [1.54, 1.807) is 4.90 Å². The molecule has 0 bridgehead atoms. The molecule has 0 aliphatic rings. The third kappa shape index (κ3) is 5.94. The van der Waals surface area contributed by atoms with Crippen LogP contribution in [0.15, 0.2) is 72.8 Å². The van der Waals surface area contributed by atoms with E-state index in [1.807, 2.05) is 62.4 Å². The van der Waals surface area contributed by atoms with Crippen LogP contribution in [0.25, 0.3) is 10.8 Å². The van der Waals surface area contributed by atoms with E-state index in [4.69, 9.17) is 0 Å². The maximum Gasteiger partial charge on any atom is 0.242 e. The Morgan fingerprint density at radius 3 is 2.35 bits per heavy atom. The zero-order valence-electron chi connectivity index (χ0n) is 18.5. The largest absolute Gasteiger partial charge is 0.354 e. The van der Waals surface area contributed by atoms with Crippen molar-refractivity contribution >= 4 is 22.6 Å². The van der Waals surface area contributed by atoms with Crippen molar-refractivity contribution < 1.29 is 9.59 Å². The van der Waals surface area contributed by atoms with Gasteiger partial charge in [0.05, 0.1) is 0 Å². The summed E-state index contributed by atoms with van der Waals surface area (Å²) in [5, 5.41) is 5.33. The number of nitrogens with zero attached hydrogens (tertiary/aromatic N) is 1. The standard InChI is InChI=1S/C27H32N2O2/c1-3-19-28-27(31)25(4-2)29(20-21-11-6-5-7-12-21)26(30)18-17-23-15-10-14-22-13-8-9-16-24(22)23/h5-16,25H,3-4,17-20H2,1-2H3,(H,28,31). The number of rotatable bonds is 10. The highest BCUT2D eigenvalue weighted by Crippen LogP contribution is 2.21. The third-order valence-corrected chi connectivity index (χ3v) is 5.62. The zero-order valence-corrected chi connectivity index (χ0v) is 18.5. The zero-order chi connectivity index (χ0) is 22.1. The van der Waals surface area contributed by atoms with E-state index in [0.29, 0.717) is 32.4 Å². The van der Waals surface area contributed by atoms with Gasteiger partial charge in [-0.05, 0) is 41.2 Å². The summed E-state index contributed by atoms with van der Waals surface area (Å²) < 4.78 is 0. The average molecular weight is 417 g/mol. The normalized spacial score (nSPS) is 11.8. The molecule has 0 saturated carbocycles. The van der Waals surface area contributed by atoms with Crippen molar-refractivity contribution in [1.29, 1.82) is 0 Å². The maximum atomic E-state index is 13.4. The summed E-state index contributed by atoms with van der Waals surface area (Å²) >= 11 is 0. The second-order valence-corrected chi connectivity index (χ2v) is 7.86. The fourth-order valence-electron chi connectivity index (χ4n) is 3.96. The third-order valence-electron chi connectivity index (χ3n) is 5.62. The Balaban J connectivity index is 1.79. The number of amides is 2.